The van der Waals surface area contributed by atoms with Gasteiger partial charge in [-0.25, -0.2) is 0 Å². The van der Waals surface area contributed by atoms with E-state index in [4.69, 9.17) is 0 Å². The van der Waals surface area contributed by atoms with Gasteiger partial charge in [-0.3, -0.25) is 0 Å². The van der Waals surface area contributed by atoms with E-state index in [2.05, 4.69) is 206 Å². The Bertz CT molecular complexity index is 3750. The molecule has 0 amide bonds. The molecule has 0 saturated carbocycles. The number of fused-ring (bicyclic) bond motifs is 2. The summed E-state index contributed by atoms with van der Waals surface area (Å²) < 4.78 is 0. The average Bonchev–Trinajstić information content (AvgIpc) is 3.29. The summed E-state index contributed by atoms with van der Waals surface area (Å²) in [6.45, 7) is 0. The van der Waals surface area contributed by atoms with Crippen molar-refractivity contribution in [2.45, 2.75) is 0 Å². The topological polar surface area (TPSA) is 0 Å². The van der Waals surface area contributed by atoms with E-state index in [1.807, 2.05) is 0 Å². The zero-order valence-electron chi connectivity index (χ0n) is 31.6. The Balaban J connectivity index is 1.08. The first-order valence-electron chi connectivity index (χ1n) is 20.2. The van der Waals surface area contributed by atoms with Gasteiger partial charge in [0.05, 0.1) is 0 Å². The van der Waals surface area contributed by atoms with Crippen LogP contribution in [-0.4, -0.2) is 0 Å². The Morgan fingerprint density at radius 3 is 1.19 bits per heavy atom. The van der Waals surface area contributed by atoms with E-state index in [9.17, 15) is 0 Å². The lowest BCUT2D eigenvalue weighted by Crippen LogP contribution is -1.93. The molecule has 13 aromatic rings. The molecule has 266 valence electrons. The van der Waals surface area contributed by atoms with Gasteiger partial charge in [-0.05, 0) is 137 Å². The highest BCUT2D eigenvalue weighted by atomic mass is 14.2. The van der Waals surface area contributed by atoms with E-state index in [1.165, 1.54) is 131 Å². The zero-order chi connectivity index (χ0) is 37.9. The lowest BCUT2D eigenvalue weighted by molar-refractivity contribution is 1.60. The molecule has 0 bridgehead atoms. The minimum atomic E-state index is 1.22. The van der Waals surface area contributed by atoms with Crippen LogP contribution in [0.4, 0.5) is 0 Å². The Morgan fingerprint density at radius 2 is 0.552 bits per heavy atom. The number of benzene rings is 13. The maximum Gasteiger partial charge on any atom is -0.00206 e. The van der Waals surface area contributed by atoms with Crippen LogP contribution in [-0.2, 0) is 0 Å². The SMILES string of the molecule is c1ccc2c(-c3ccc(-c4ccc5ccc6cccc7ccc4c5c67)cc3-c3ccc(-c4ccc5ccc6cccc7ccc4c5c67)c4ccccc34)cccc2c1. The molecule has 0 aliphatic heterocycles. The van der Waals surface area contributed by atoms with Crippen molar-refractivity contribution in [3.05, 3.63) is 206 Å². The smallest absolute Gasteiger partial charge is 0.00206 e. The molecular weight excluding hydrogens is 697 g/mol. The molecule has 0 heterocycles. The van der Waals surface area contributed by atoms with Crippen molar-refractivity contribution in [2.24, 2.45) is 0 Å². The van der Waals surface area contributed by atoms with Gasteiger partial charge in [-0.2, -0.15) is 0 Å². The normalized spacial score (nSPS) is 12.1. The van der Waals surface area contributed by atoms with E-state index in [1.54, 1.807) is 0 Å². The predicted molar refractivity (Wildman–Crippen MR) is 251 cm³/mol. The first-order chi connectivity index (χ1) is 28.8. The molecule has 0 radical (unpaired) electrons. The molecule has 0 spiro atoms. The Labute approximate surface area is 335 Å². The van der Waals surface area contributed by atoms with Crippen molar-refractivity contribution in [2.75, 3.05) is 0 Å². The molecule has 13 rings (SSSR count). The first-order valence-corrected chi connectivity index (χ1v) is 20.2. The third kappa shape index (κ3) is 4.46. The van der Waals surface area contributed by atoms with Crippen LogP contribution in [0.1, 0.15) is 0 Å². The maximum atomic E-state index is 2.46. The lowest BCUT2D eigenvalue weighted by Gasteiger charge is -2.20. The maximum absolute atomic E-state index is 2.46. The minimum Gasteiger partial charge on any atom is -0.0616 e. The third-order valence-corrected chi connectivity index (χ3v) is 13.0. The molecule has 0 aliphatic carbocycles. The van der Waals surface area contributed by atoms with Crippen molar-refractivity contribution in [3.63, 3.8) is 0 Å². The van der Waals surface area contributed by atoms with Gasteiger partial charge >= 0.3 is 0 Å². The molecule has 58 heavy (non-hydrogen) atoms. The highest BCUT2D eigenvalue weighted by Gasteiger charge is 2.20. The van der Waals surface area contributed by atoms with Gasteiger partial charge in [0, 0.05) is 0 Å². The molecule has 0 nitrogen and oxygen atoms in total. The largest absolute Gasteiger partial charge is 0.0616 e. The van der Waals surface area contributed by atoms with Gasteiger partial charge in [0.2, 0.25) is 0 Å². The second-order valence-electron chi connectivity index (χ2n) is 15.9. The van der Waals surface area contributed by atoms with Crippen molar-refractivity contribution in [3.8, 4) is 44.5 Å². The monoisotopic (exact) mass is 730 g/mol. The summed E-state index contributed by atoms with van der Waals surface area (Å²) in [6, 6.07) is 77.3. The first kappa shape index (κ1) is 31.6. The summed E-state index contributed by atoms with van der Waals surface area (Å²) >= 11 is 0. The molecular formula is C58H34. The van der Waals surface area contributed by atoms with Gasteiger partial charge in [0.25, 0.3) is 0 Å². The minimum absolute atomic E-state index is 1.22. The summed E-state index contributed by atoms with van der Waals surface area (Å²) in [5, 5.41) is 20.7. The second kappa shape index (κ2) is 12.0. The number of hydrogen-bond donors (Lipinski definition) is 0. The third-order valence-electron chi connectivity index (χ3n) is 13.0. The van der Waals surface area contributed by atoms with Crippen molar-refractivity contribution >= 4 is 86.2 Å². The van der Waals surface area contributed by atoms with Crippen LogP contribution in [0.15, 0.2) is 206 Å². The van der Waals surface area contributed by atoms with E-state index in [0.29, 0.717) is 0 Å². The Hall–Kier alpha value is -7.54. The van der Waals surface area contributed by atoms with Gasteiger partial charge in [-0.1, -0.05) is 200 Å². The molecule has 0 fully saturated rings. The van der Waals surface area contributed by atoms with E-state index in [-0.39, 0.29) is 0 Å². The highest BCUT2D eigenvalue weighted by Crippen LogP contribution is 2.47. The molecule has 0 saturated heterocycles. The van der Waals surface area contributed by atoms with Crippen molar-refractivity contribution in [1.82, 2.24) is 0 Å². The standard InChI is InChI=1S/C58H34/c1-2-14-43-35(8-1)9-7-17-45(43)50-29-26-42(44-27-22-40-20-18-36-10-5-12-38-24-30-52(44)57(40)55(36)38)34-54(50)51-33-32-48(46-15-3-4-16-47(46)51)49-28-23-41-21-19-37-11-6-13-39-25-31-53(49)58(41)56(37)39/h1-34H. The lowest BCUT2D eigenvalue weighted by atomic mass is 9.84. The zero-order valence-corrected chi connectivity index (χ0v) is 31.6. The number of hydrogen-bond acceptors (Lipinski definition) is 0. The second-order valence-corrected chi connectivity index (χ2v) is 15.9. The van der Waals surface area contributed by atoms with Crippen LogP contribution in [0.2, 0.25) is 0 Å². The van der Waals surface area contributed by atoms with Gasteiger partial charge in [-0.15, -0.1) is 0 Å². The molecule has 0 heteroatoms. The molecule has 0 unspecified atom stereocenters. The summed E-state index contributed by atoms with van der Waals surface area (Å²) in [7, 11) is 0. The van der Waals surface area contributed by atoms with Gasteiger partial charge in [0.15, 0.2) is 0 Å². The van der Waals surface area contributed by atoms with E-state index < -0.39 is 0 Å². The fourth-order valence-corrected chi connectivity index (χ4v) is 10.4. The van der Waals surface area contributed by atoms with Crippen molar-refractivity contribution < 1.29 is 0 Å². The van der Waals surface area contributed by atoms with Crippen molar-refractivity contribution in [1.29, 1.82) is 0 Å². The number of rotatable bonds is 4. The van der Waals surface area contributed by atoms with Crippen LogP contribution in [0, 0.1) is 0 Å². The average molecular weight is 731 g/mol. The molecule has 0 N–H and O–H groups in total. The van der Waals surface area contributed by atoms with Crippen LogP contribution in [0.5, 0.6) is 0 Å². The quantitative estimate of drug-likeness (QED) is 0.158. The molecule has 0 aliphatic rings. The van der Waals surface area contributed by atoms with Gasteiger partial charge < -0.3 is 0 Å². The van der Waals surface area contributed by atoms with Crippen LogP contribution in [0.25, 0.3) is 131 Å². The van der Waals surface area contributed by atoms with Crippen LogP contribution >= 0.6 is 0 Å². The summed E-state index contributed by atoms with van der Waals surface area (Å²) in [5.74, 6) is 0. The van der Waals surface area contributed by atoms with E-state index >= 15 is 0 Å². The fourth-order valence-electron chi connectivity index (χ4n) is 10.4. The Morgan fingerprint density at radius 1 is 0.172 bits per heavy atom. The summed E-state index contributed by atoms with van der Waals surface area (Å²) in [6.07, 6.45) is 0. The van der Waals surface area contributed by atoms with Crippen LogP contribution in [0.3, 0.4) is 0 Å². The molecule has 0 atom stereocenters. The van der Waals surface area contributed by atoms with E-state index in [0.717, 1.165) is 0 Å². The summed E-state index contributed by atoms with van der Waals surface area (Å²) in [4.78, 5) is 0. The van der Waals surface area contributed by atoms with Crippen LogP contribution < -0.4 is 0 Å². The Kier molecular flexibility index (Phi) is 6.54. The molecule has 13 aromatic carbocycles. The van der Waals surface area contributed by atoms with Gasteiger partial charge in [0.1, 0.15) is 0 Å². The molecule has 0 aromatic heterocycles. The highest BCUT2D eigenvalue weighted by molar-refractivity contribution is 6.27. The summed E-state index contributed by atoms with van der Waals surface area (Å²) in [5.41, 5.74) is 9.95. The predicted octanol–water partition coefficient (Wildman–Crippen LogP) is 16.5. The fraction of sp³-hybridized carbons (Fsp3) is 0.